The Labute approximate surface area is 162 Å². The molecule has 29 heavy (non-hydrogen) atoms. The normalized spacial score (nSPS) is 11.8. The minimum absolute atomic E-state index is 0.137. The van der Waals surface area contributed by atoms with E-state index in [0.717, 1.165) is 16.8 Å². The van der Waals surface area contributed by atoms with Gasteiger partial charge in [-0.3, -0.25) is 0 Å². The van der Waals surface area contributed by atoms with Gasteiger partial charge < -0.3 is 14.3 Å². The fourth-order valence-electron chi connectivity index (χ4n) is 3.26. The first kappa shape index (κ1) is 18.8. The van der Waals surface area contributed by atoms with Gasteiger partial charge >= 0.3 is 11.8 Å². The summed E-state index contributed by atoms with van der Waals surface area (Å²) in [7, 11) is 0. The van der Waals surface area contributed by atoms with Crippen LogP contribution in [0.1, 0.15) is 17.0 Å². The van der Waals surface area contributed by atoms with Crippen LogP contribution in [-0.2, 0) is 6.18 Å². The van der Waals surface area contributed by atoms with Crippen molar-refractivity contribution in [2.75, 3.05) is 5.32 Å². The van der Waals surface area contributed by atoms with Gasteiger partial charge in [0.15, 0.2) is 0 Å². The smallest absolute Gasteiger partial charge is 0.417 e. The summed E-state index contributed by atoms with van der Waals surface area (Å²) in [6.45, 7) is 3.69. The summed E-state index contributed by atoms with van der Waals surface area (Å²) in [6.07, 6.45) is -4.64. The van der Waals surface area contributed by atoms with Crippen LogP contribution >= 0.6 is 0 Å². The first-order valence-electron chi connectivity index (χ1n) is 8.68. The molecule has 5 nitrogen and oxygen atoms in total. The summed E-state index contributed by atoms with van der Waals surface area (Å²) in [4.78, 5) is 11.5. The molecule has 0 bridgehead atoms. The van der Waals surface area contributed by atoms with Crippen LogP contribution in [-0.4, -0.2) is 5.16 Å². The highest BCUT2D eigenvalue weighted by molar-refractivity contribution is 5.85. The molecule has 0 unspecified atom stereocenters. The van der Waals surface area contributed by atoms with Gasteiger partial charge in [-0.15, -0.1) is 0 Å². The number of anilines is 2. The highest BCUT2D eigenvalue weighted by Crippen LogP contribution is 2.35. The number of alkyl halides is 3. The maximum Gasteiger partial charge on any atom is 0.417 e. The average molecular weight is 400 g/mol. The standard InChI is InChI=1S/C21H15F3N2O3/c1-11-20(12(2)29-26-11)13-3-5-14(6-4-13)25-15-7-8-16-17(21(22,23)24)10-19(27)28-18(16)9-15/h3-10,25H,1-2H3. The van der Waals surface area contributed by atoms with Crippen LogP contribution in [0.3, 0.4) is 0 Å². The molecule has 0 radical (unpaired) electrons. The van der Waals surface area contributed by atoms with Crippen molar-refractivity contribution >= 4 is 22.3 Å². The van der Waals surface area contributed by atoms with Crippen LogP contribution in [0.15, 0.2) is 62.3 Å². The van der Waals surface area contributed by atoms with Crippen molar-refractivity contribution in [1.82, 2.24) is 5.16 Å². The second-order valence-corrected chi connectivity index (χ2v) is 6.59. The number of aryl methyl sites for hydroxylation is 2. The van der Waals surface area contributed by atoms with E-state index in [2.05, 4.69) is 10.5 Å². The molecular weight excluding hydrogens is 385 g/mol. The number of nitrogens with one attached hydrogen (secondary N) is 1. The molecule has 0 saturated carbocycles. The minimum Gasteiger partial charge on any atom is -0.423 e. The molecule has 2 aromatic carbocycles. The van der Waals surface area contributed by atoms with E-state index in [1.807, 2.05) is 38.1 Å². The molecule has 0 aliphatic heterocycles. The largest absolute Gasteiger partial charge is 0.423 e. The van der Waals surface area contributed by atoms with Gasteiger partial charge in [-0.25, -0.2) is 4.79 Å². The maximum absolute atomic E-state index is 13.1. The lowest BCUT2D eigenvalue weighted by atomic mass is 10.0. The van der Waals surface area contributed by atoms with E-state index in [9.17, 15) is 18.0 Å². The Balaban J connectivity index is 1.65. The predicted molar refractivity (Wildman–Crippen MR) is 102 cm³/mol. The second kappa shape index (κ2) is 6.80. The number of fused-ring (bicyclic) bond motifs is 1. The molecular formula is C21H15F3N2O3. The molecule has 0 spiro atoms. The topological polar surface area (TPSA) is 68.3 Å². The fraction of sp³-hybridized carbons (Fsp3) is 0.143. The predicted octanol–water partition coefficient (Wildman–Crippen LogP) is 5.83. The van der Waals surface area contributed by atoms with Crippen molar-refractivity contribution in [3.05, 3.63) is 76.0 Å². The van der Waals surface area contributed by atoms with Crippen molar-refractivity contribution in [1.29, 1.82) is 0 Å². The number of hydrogen-bond donors (Lipinski definition) is 1. The summed E-state index contributed by atoms with van der Waals surface area (Å²) in [6, 6.07) is 12.0. The minimum atomic E-state index is -4.64. The zero-order chi connectivity index (χ0) is 20.8. The summed E-state index contributed by atoms with van der Waals surface area (Å²) < 4.78 is 49.6. The van der Waals surface area contributed by atoms with E-state index in [-0.39, 0.29) is 11.0 Å². The van der Waals surface area contributed by atoms with E-state index in [1.54, 1.807) is 0 Å². The highest BCUT2D eigenvalue weighted by Gasteiger charge is 2.33. The molecule has 0 saturated heterocycles. The summed E-state index contributed by atoms with van der Waals surface area (Å²) >= 11 is 0. The number of aromatic nitrogens is 1. The molecule has 0 aliphatic rings. The lowest BCUT2D eigenvalue weighted by Gasteiger charge is -2.11. The van der Waals surface area contributed by atoms with Crippen LogP contribution in [0, 0.1) is 13.8 Å². The van der Waals surface area contributed by atoms with Gasteiger partial charge in [0.1, 0.15) is 11.3 Å². The summed E-state index contributed by atoms with van der Waals surface area (Å²) in [5, 5.41) is 6.86. The van der Waals surface area contributed by atoms with Crippen LogP contribution in [0.5, 0.6) is 0 Å². The van der Waals surface area contributed by atoms with Crippen LogP contribution in [0.4, 0.5) is 24.5 Å². The third-order valence-electron chi connectivity index (χ3n) is 4.55. The second-order valence-electron chi connectivity index (χ2n) is 6.59. The monoisotopic (exact) mass is 400 g/mol. The Morgan fingerprint density at radius 2 is 1.66 bits per heavy atom. The zero-order valence-corrected chi connectivity index (χ0v) is 15.4. The number of rotatable bonds is 3. The van der Waals surface area contributed by atoms with E-state index in [0.29, 0.717) is 23.2 Å². The molecule has 4 rings (SSSR count). The SMILES string of the molecule is Cc1noc(C)c1-c1ccc(Nc2ccc3c(C(F)(F)F)cc(=O)oc3c2)cc1. The van der Waals surface area contributed by atoms with Crippen molar-refractivity contribution in [3.8, 4) is 11.1 Å². The van der Waals surface area contributed by atoms with Crippen molar-refractivity contribution in [3.63, 3.8) is 0 Å². The van der Waals surface area contributed by atoms with Gasteiger partial charge in [0.2, 0.25) is 0 Å². The fourth-order valence-corrected chi connectivity index (χ4v) is 3.26. The lowest BCUT2D eigenvalue weighted by Crippen LogP contribution is -2.11. The van der Waals surface area contributed by atoms with E-state index in [1.165, 1.54) is 18.2 Å². The zero-order valence-electron chi connectivity index (χ0n) is 15.4. The Morgan fingerprint density at radius 3 is 2.28 bits per heavy atom. The third kappa shape index (κ3) is 3.61. The Kier molecular flexibility index (Phi) is 4.41. The average Bonchev–Trinajstić information content (AvgIpc) is 2.99. The van der Waals surface area contributed by atoms with E-state index >= 15 is 0 Å². The van der Waals surface area contributed by atoms with E-state index in [4.69, 9.17) is 8.94 Å². The molecule has 0 amide bonds. The van der Waals surface area contributed by atoms with Gasteiger partial charge in [-0.2, -0.15) is 13.2 Å². The number of halogens is 3. The molecule has 0 fully saturated rings. The lowest BCUT2D eigenvalue weighted by molar-refractivity contribution is -0.136. The van der Waals surface area contributed by atoms with Gasteiger partial charge in [-0.1, -0.05) is 17.3 Å². The van der Waals surface area contributed by atoms with Gasteiger partial charge in [0, 0.05) is 34.5 Å². The Morgan fingerprint density at radius 1 is 0.966 bits per heavy atom. The number of nitrogens with zero attached hydrogens (tertiary/aromatic N) is 1. The van der Waals surface area contributed by atoms with Gasteiger partial charge in [0.25, 0.3) is 0 Å². The summed E-state index contributed by atoms with van der Waals surface area (Å²) in [5.74, 6) is 0.716. The molecule has 1 N–H and O–H groups in total. The Bertz CT molecular complexity index is 1240. The molecule has 4 aromatic rings. The first-order valence-corrected chi connectivity index (χ1v) is 8.68. The first-order chi connectivity index (χ1) is 13.7. The molecule has 0 aliphatic carbocycles. The van der Waals surface area contributed by atoms with Crippen LogP contribution in [0.2, 0.25) is 0 Å². The Hall–Kier alpha value is -3.55. The van der Waals surface area contributed by atoms with Crippen LogP contribution in [0.25, 0.3) is 22.1 Å². The van der Waals surface area contributed by atoms with Crippen molar-refractivity contribution in [2.45, 2.75) is 20.0 Å². The van der Waals surface area contributed by atoms with Crippen molar-refractivity contribution < 1.29 is 22.1 Å². The van der Waals surface area contributed by atoms with E-state index < -0.39 is 17.4 Å². The quantitative estimate of drug-likeness (QED) is 0.439. The molecule has 8 heteroatoms. The molecule has 0 atom stereocenters. The van der Waals surface area contributed by atoms with Gasteiger partial charge in [0.05, 0.1) is 11.3 Å². The molecule has 148 valence electrons. The van der Waals surface area contributed by atoms with Gasteiger partial charge in [-0.05, 0) is 43.7 Å². The summed E-state index contributed by atoms with van der Waals surface area (Å²) in [5.41, 5.74) is 1.65. The number of hydrogen-bond acceptors (Lipinski definition) is 5. The maximum atomic E-state index is 13.1. The van der Waals surface area contributed by atoms with Crippen molar-refractivity contribution in [2.24, 2.45) is 0 Å². The van der Waals surface area contributed by atoms with Crippen LogP contribution < -0.4 is 10.9 Å². The molecule has 2 heterocycles. The molecule has 2 aromatic heterocycles. The highest BCUT2D eigenvalue weighted by atomic mass is 19.4. The number of benzene rings is 2. The third-order valence-corrected chi connectivity index (χ3v) is 4.55.